The van der Waals surface area contributed by atoms with E-state index in [1.807, 2.05) is 6.07 Å². The summed E-state index contributed by atoms with van der Waals surface area (Å²) in [6.45, 7) is 0.960. The number of hydrogen-bond donors (Lipinski definition) is 1. The van der Waals surface area contributed by atoms with Crippen LogP contribution in [0, 0.1) is 5.92 Å². The number of nitrogens with one attached hydrogen (secondary N) is 1. The Balaban J connectivity index is 1.85. The molecule has 0 amide bonds. The quantitative estimate of drug-likeness (QED) is 0.831. The third kappa shape index (κ3) is 1.36. The first kappa shape index (κ1) is 13.4. The van der Waals surface area contributed by atoms with Crippen LogP contribution in [-0.2, 0) is 16.6 Å². The molecule has 2 aliphatic carbocycles. The summed E-state index contributed by atoms with van der Waals surface area (Å²) in [6.07, 6.45) is 3.29. The Labute approximate surface area is 137 Å². The predicted octanol–water partition coefficient (Wildman–Crippen LogP) is 2.35. The molecule has 4 nitrogen and oxygen atoms in total. The van der Waals surface area contributed by atoms with Crippen molar-refractivity contribution in [2.75, 3.05) is 13.7 Å². The zero-order chi connectivity index (χ0) is 15.1. The second-order valence-corrected chi connectivity index (χ2v) is 7.76. The highest BCUT2D eigenvalue weighted by atomic mass is 79.9. The number of carbonyl (C=O) groups is 1. The zero-order valence-corrected chi connectivity index (χ0v) is 14.0. The highest BCUT2D eigenvalue weighted by molar-refractivity contribution is 9.10. The highest BCUT2D eigenvalue weighted by Crippen LogP contribution is 2.63. The van der Waals surface area contributed by atoms with Gasteiger partial charge >= 0.3 is 0 Å². The van der Waals surface area contributed by atoms with Crippen LogP contribution < -0.4 is 14.8 Å². The minimum Gasteiger partial charge on any atom is -0.493 e. The maximum atomic E-state index is 12.6. The molecule has 5 rings (SSSR count). The number of halogens is 1. The van der Waals surface area contributed by atoms with E-state index < -0.39 is 0 Å². The number of Topliss-reactive ketones (excluding diaryl/α,β-unsaturated/α-hetero) is 1. The first-order valence-electron chi connectivity index (χ1n) is 7.99. The van der Waals surface area contributed by atoms with Gasteiger partial charge in [-0.05, 0) is 43.4 Å². The minimum atomic E-state index is -0.312. The molecule has 1 spiro atoms. The SMILES string of the molecule is COc1cc(Br)c2c3c1OC1C(=O)CCC4C(C2)NCC[C@@]314. The summed E-state index contributed by atoms with van der Waals surface area (Å²) >= 11 is 3.71. The molecule has 3 unspecified atom stereocenters. The number of rotatable bonds is 1. The second kappa shape index (κ2) is 4.26. The van der Waals surface area contributed by atoms with Gasteiger partial charge in [-0.1, -0.05) is 15.9 Å². The van der Waals surface area contributed by atoms with Crippen LogP contribution in [0.1, 0.15) is 30.4 Å². The van der Waals surface area contributed by atoms with Crippen LogP contribution in [-0.4, -0.2) is 31.6 Å². The van der Waals surface area contributed by atoms with E-state index in [1.54, 1.807) is 7.11 Å². The van der Waals surface area contributed by atoms with Gasteiger partial charge in [0.1, 0.15) is 0 Å². The fraction of sp³-hybridized carbons (Fsp3) is 0.588. The fourth-order valence-corrected chi connectivity index (χ4v) is 5.99. The van der Waals surface area contributed by atoms with Crippen LogP contribution in [0.3, 0.4) is 0 Å². The molecule has 22 heavy (non-hydrogen) atoms. The number of ether oxygens (including phenoxy) is 2. The van der Waals surface area contributed by atoms with Crippen LogP contribution in [0.15, 0.2) is 10.5 Å². The lowest BCUT2D eigenvalue weighted by Crippen LogP contribution is -2.65. The molecule has 1 aromatic carbocycles. The van der Waals surface area contributed by atoms with Gasteiger partial charge in [0.05, 0.1) is 7.11 Å². The van der Waals surface area contributed by atoms with Crippen molar-refractivity contribution in [3.63, 3.8) is 0 Å². The van der Waals surface area contributed by atoms with Crippen molar-refractivity contribution in [2.45, 2.75) is 43.2 Å². The van der Waals surface area contributed by atoms with Gasteiger partial charge in [0.15, 0.2) is 23.4 Å². The van der Waals surface area contributed by atoms with Crippen LogP contribution >= 0.6 is 15.9 Å². The van der Waals surface area contributed by atoms with Gasteiger partial charge < -0.3 is 14.8 Å². The molecule has 5 heteroatoms. The molecule has 2 aliphatic heterocycles. The lowest BCUT2D eigenvalue weighted by molar-refractivity contribution is -0.135. The van der Waals surface area contributed by atoms with Gasteiger partial charge in [-0.3, -0.25) is 4.79 Å². The third-order valence-corrected chi connectivity index (χ3v) is 6.91. The van der Waals surface area contributed by atoms with E-state index in [2.05, 4.69) is 21.2 Å². The average Bonchev–Trinajstić information content (AvgIpc) is 2.84. The van der Waals surface area contributed by atoms with Crippen LogP contribution in [0.2, 0.25) is 0 Å². The molecule has 1 saturated carbocycles. The first-order chi connectivity index (χ1) is 10.7. The third-order valence-electron chi connectivity index (χ3n) is 6.20. The first-order valence-corrected chi connectivity index (χ1v) is 8.78. The van der Waals surface area contributed by atoms with Gasteiger partial charge in [-0.25, -0.2) is 0 Å². The van der Waals surface area contributed by atoms with E-state index in [0.29, 0.717) is 18.4 Å². The smallest absolute Gasteiger partial charge is 0.174 e. The Kier molecular flexibility index (Phi) is 2.59. The van der Waals surface area contributed by atoms with Crippen LogP contribution in [0.25, 0.3) is 0 Å². The van der Waals surface area contributed by atoms with Gasteiger partial charge in [-0.2, -0.15) is 0 Å². The average molecular weight is 364 g/mol. The maximum Gasteiger partial charge on any atom is 0.174 e. The fourth-order valence-electron chi connectivity index (χ4n) is 5.42. The van der Waals surface area contributed by atoms with E-state index in [0.717, 1.165) is 41.8 Å². The standard InChI is InChI=1S/C17H18BrNO3/c1-21-13-7-10(18)8-6-11-9-2-3-12(20)16-17(9,4-5-19-11)14(8)15(13)22-16/h7,9,11,16,19H,2-6H2,1H3/t9?,11?,16?,17-/m1/s1. The Bertz CT molecular complexity index is 704. The van der Waals surface area contributed by atoms with Crippen molar-refractivity contribution in [1.82, 2.24) is 5.32 Å². The maximum absolute atomic E-state index is 12.6. The molecule has 1 saturated heterocycles. The Hall–Kier alpha value is -1.07. The number of ketones is 1. The van der Waals surface area contributed by atoms with Crippen molar-refractivity contribution in [1.29, 1.82) is 0 Å². The number of benzene rings is 1. The highest BCUT2D eigenvalue weighted by Gasteiger charge is 2.65. The monoisotopic (exact) mass is 363 g/mol. The van der Waals surface area contributed by atoms with E-state index in [1.165, 1.54) is 11.1 Å². The van der Waals surface area contributed by atoms with Crippen molar-refractivity contribution >= 4 is 21.7 Å². The molecular weight excluding hydrogens is 346 g/mol. The molecular formula is C17H18BrNO3. The largest absolute Gasteiger partial charge is 0.493 e. The minimum absolute atomic E-state index is 0.134. The van der Waals surface area contributed by atoms with E-state index >= 15 is 0 Å². The molecule has 2 bridgehead atoms. The lowest BCUT2D eigenvalue weighted by Gasteiger charge is -2.54. The van der Waals surface area contributed by atoms with Gasteiger partial charge in [0, 0.05) is 27.9 Å². The molecule has 0 radical (unpaired) electrons. The number of carbonyl (C=O) groups excluding carboxylic acids is 1. The number of hydrogen-bond acceptors (Lipinski definition) is 4. The van der Waals surface area contributed by atoms with E-state index in [9.17, 15) is 4.79 Å². The molecule has 1 aromatic rings. The molecule has 2 heterocycles. The summed E-state index contributed by atoms with van der Waals surface area (Å²) in [7, 11) is 1.67. The normalized spacial score (nSPS) is 37.5. The number of piperidine rings is 1. The van der Waals surface area contributed by atoms with Crippen LogP contribution in [0.5, 0.6) is 11.5 Å². The Morgan fingerprint density at radius 3 is 3.18 bits per heavy atom. The summed E-state index contributed by atoms with van der Waals surface area (Å²) in [5, 5.41) is 3.68. The molecule has 4 aliphatic rings. The summed E-state index contributed by atoms with van der Waals surface area (Å²) in [4.78, 5) is 12.6. The summed E-state index contributed by atoms with van der Waals surface area (Å²) < 4.78 is 12.9. The molecule has 1 N–H and O–H groups in total. The summed E-state index contributed by atoms with van der Waals surface area (Å²) in [6, 6.07) is 2.44. The molecule has 2 fully saturated rings. The molecule has 0 aromatic heterocycles. The second-order valence-electron chi connectivity index (χ2n) is 6.91. The van der Waals surface area contributed by atoms with Gasteiger partial charge in [-0.15, -0.1) is 0 Å². The van der Waals surface area contributed by atoms with Crippen molar-refractivity contribution in [3.8, 4) is 11.5 Å². The van der Waals surface area contributed by atoms with Gasteiger partial charge in [0.25, 0.3) is 0 Å². The van der Waals surface area contributed by atoms with Crippen LogP contribution in [0.4, 0.5) is 0 Å². The van der Waals surface area contributed by atoms with Crippen molar-refractivity contribution < 1.29 is 14.3 Å². The van der Waals surface area contributed by atoms with E-state index in [-0.39, 0.29) is 17.3 Å². The molecule has 4 atom stereocenters. The summed E-state index contributed by atoms with van der Waals surface area (Å²) in [5.74, 6) is 2.33. The lowest BCUT2D eigenvalue weighted by atomic mass is 9.52. The zero-order valence-electron chi connectivity index (χ0n) is 12.4. The van der Waals surface area contributed by atoms with Crippen molar-refractivity contribution in [2.24, 2.45) is 5.92 Å². The topological polar surface area (TPSA) is 47.6 Å². The Morgan fingerprint density at radius 2 is 2.36 bits per heavy atom. The van der Waals surface area contributed by atoms with Crippen molar-refractivity contribution in [3.05, 3.63) is 21.7 Å². The van der Waals surface area contributed by atoms with Gasteiger partial charge in [0.2, 0.25) is 0 Å². The summed E-state index contributed by atoms with van der Waals surface area (Å²) in [5.41, 5.74) is 2.44. The molecule has 116 valence electrons. The Morgan fingerprint density at radius 1 is 1.50 bits per heavy atom. The van der Waals surface area contributed by atoms with E-state index in [4.69, 9.17) is 9.47 Å². The predicted molar refractivity (Wildman–Crippen MR) is 84.6 cm³/mol. The number of methoxy groups -OCH3 is 1.